The first-order chi connectivity index (χ1) is 11.0. The van der Waals surface area contributed by atoms with Gasteiger partial charge in [0, 0.05) is 31.0 Å². The van der Waals surface area contributed by atoms with Crippen LogP contribution in [0.25, 0.3) is 0 Å². The largest absolute Gasteiger partial charge is 0.392 e. The van der Waals surface area contributed by atoms with Crippen LogP contribution in [-0.4, -0.2) is 32.2 Å². The molecule has 124 valence electrons. The second-order valence-corrected chi connectivity index (χ2v) is 6.35. The fourth-order valence-corrected chi connectivity index (χ4v) is 3.24. The number of imidazole rings is 1. The van der Waals surface area contributed by atoms with Gasteiger partial charge in [0.1, 0.15) is 5.82 Å². The van der Waals surface area contributed by atoms with Gasteiger partial charge in [0.05, 0.1) is 12.6 Å². The molecule has 0 aliphatic carbocycles. The van der Waals surface area contributed by atoms with Crippen molar-refractivity contribution in [1.82, 2.24) is 14.5 Å². The lowest BCUT2D eigenvalue weighted by Crippen LogP contribution is -2.26. The first-order valence-electron chi connectivity index (χ1n) is 7.84. The molecule has 1 aliphatic rings. The molecule has 1 fully saturated rings. The van der Waals surface area contributed by atoms with Crippen LogP contribution in [0.4, 0.5) is 8.78 Å². The Bertz CT molecular complexity index is 686. The van der Waals surface area contributed by atoms with Crippen molar-refractivity contribution in [2.24, 2.45) is 0 Å². The van der Waals surface area contributed by atoms with Crippen molar-refractivity contribution in [3.63, 3.8) is 0 Å². The Kier molecular flexibility index (Phi) is 4.46. The number of aromatic nitrogens is 2. The zero-order valence-electron chi connectivity index (χ0n) is 13.3. The maximum Gasteiger partial charge on any atom is 0.159 e. The molecular weight excluding hydrogens is 300 g/mol. The van der Waals surface area contributed by atoms with Crippen LogP contribution in [0.15, 0.2) is 30.6 Å². The molecule has 3 rings (SSSR count). The van der Waals surface area contributed by atoms with Gasteiger partial charge in [0.15, 0.2) is 11.6 Å². The summed E-state index contributed by atoms with van der Waals surface area (Å²) in [6.07, 6.45) is 3.72. The molecule has 1 saturated heterocycles. The minimum absolute atomic E-state index is 0.141. The van der Waals surface area contributed by atoms with Crippen LogP contribution in [0.2, 0.25) is 0 Å². The highest BCUT2D eigenvalue weighted by atomic mass is 19.2. The molecule has 6 heteroatoms. The van der Waals surface area contributed by atoms with E-state index in [9.17, 15) is 13.9 Å². The fourth-order valence-electron chi connectivity index (χ4n) is 3.24. The summed E-state index contributed by atoms with van der Waals surface area (Å²) in [5, 5.41) is 10.0. The second kappa shape index (κ2) is 6.37. The molecule has 0 saturated carbocycles. The van der Waals surface area contributed by atoms with Gasteiger partial charge in [0.2, 0.25) is 0 Å². The van der Waals surface area contributed by atoms with Gasteiger partial charge in [-0.2, -0.15) is 0 Å². The molecule has 1 aliphatic heterocycles. The highest BCUT2D eigenvalue weighted by Crippen LogP contribution is 2.34. The lowest BCUT2D eigenvalue weighted by molar-refractivity contribution is 0.170. The Balaban J connectivity index is 1.85. The van der Waals surface area contributed by atoms with Crippen molar-refractivity contribution in [2.45, 2.75) is 45.0 Å². The normalized spacial score (nSPS) is 22.2. The van der Waals surface area contributed by atoms with Gasteiger partial charge in [-0.25, -0.2) is 13.8 Å². The Hall–Kier alpha value is -1.79. The van der Waals surface area contributed by atoms with Crippen molar-refractivity contribution in [2.75, 3.05) is 6.54 Å². The van der Waals surface area contributed by atoms with Gasteiger partial charge in [-0.05, 0) is 38.0 Å². The molecule has 0 unspecified atom stereocenters. The van der Waals surface area contributed by atoms with E-state index in [1.165, 1.54) is 6.07 Å². The molecule has 2 heterocycles. The number of likely N-dealkylation sites (tertiary alicyclic amines) is 1. The summed E-state index contributed by atoms with van der Waals surface area (Å²) in [6, 6.07) is 4.10. The smallest absolute Gasteiger partial charge is 0.159 e. The third kappa shape index (κ3) is 3.28. The summed E-state index contributed by atoms with van der Waals surface area (Å²) < 4.78 is 28.8. The fraction of sp³-hybridized carbons (Fsp3) is 0.471. The van der Waals surface area contributed by atoms with Crippen molar-refractivity contribution in [3.05, 3.63) is 53.6 Å². The highest BCUT2D eigenvalue weighted by molar-refractivity contribution is 5.23. The molecule has 1 aromatic carbocycles. The number of hydrogen-bond acceptors (Lipinski definition) is 3. The van der Waals surface area contributed by atoms with Gasteiger partial charge in [-0.15, -0.1) is 0 Å². The molecule has 2 atom stereocenters. The van der Waals surface area contributed by atoms with Gasteiger partial charge in [-0.1, -0.05) is 6.07 Å². The number of β-amino-alcohol motifs (C(OH)–C–C–N with tert-alkyl or cyclic N) is 1. The van der Waals surface area contributed by atoms with E-state index in [1.807, 2.05) is 6.20 Å². The molecule has 1 N–H and O–H groups in total. The Morgan fingerprint density at radius 3 is 2.78 bits per heavy atom. The molecular formula is C17H21F2N3O. The first kappa shape index (κ1) is 16.1. The average Bonchev–Trinajstić information content (AvgIpc) is 3.09. The molecule has 23 heavy (non-hydrogen) atoms. The van der Waals surface area contributed by atoms with E-state index in [4.69, 9.17) is 0 Å². The van der Waals surface area contributed by atoms with Gasteiger partial charge >= 0.3 is 0 Å². The quantitative estimate of drug-likeness (QED) is 0.941. The number of benzene rings is 1. The van der Waals surface area contributed by atoms with E-state index < -0.39 is 17.7 Å². The minimum atomic E-state index is -0.854. The van der Waals surface area contributed by atoms with Crippen molar-refractivity contribution < 1.29 is 13.9 Å². The van der Waals surface area contributed by atoms with Crippen LogP contribution in [-0.2, 0) is 6.54 Å². The lowest BCUT2D eigenvalue weighted by atomic mass is 10.0. The van der Waals surface area contributed by atoms with Crippen molar-refractivity contribution >= 4 is 0 Å². The summed E-state index contributed by atoms with van der Waals surface area (Å²) in [6.45, 7) is 5.22. The zero-order valence-corrected chi connectivity index (χ0v) is 13.3. The number of halogens is 2. The van der Waals surface area contributed by atoms with Crippen molar-refractivity contribution in [1.29, 1.82) is 0 Å². The van der Waals surface area contributed by atoms with Crippen LogP contribution >= 0.6 is 0 Å². The summed E-state index contributed by atoms with van der Waals surface area (Å²) in [4.78, 5) is 6.46. The summed E-state index contributed by atoms with van der Waals surface area (Å²) in [7, 11) is 0. The number of aliphatic hydroxyl groups is 1. The number of rotatable bonds is 4. The monoisotopic (exact) mass is 321 g/mol. The van der Waals surface area contributed by atoms with E-state index in [-0.39, 0.29) is 6.04 Å². The second-order valence-electron chi connectivity index (χ2n) is 6.35. The maximum absolute atomic E-state index is 13.5. The van der Waals surface area contributed by atoms with Crippen LogP contribution in [0, 0.1) is 11.6 Å². The van der Waals surface area contributed by atoms with Gasteiger partial charge in [-0.3, -0.25) is 4.90 Å². The van der Waals surface area contributed by atoms with Crippen LogP contribution < -0.4 is 0 Å². The third-order valence-electron chi connectivity index (χ3n) is 4.36. The van der Waals surface area contributed by atoms with E-state index in [2.05, 4.69) is 28.3 Å². The maximum atomic E-state index is 13.5. The van der Waals surface area contributed by atoms with E-state index >= 15 is 0 Å². The average molecular weight is 321 g/mol. The molecule has 4 nitrogen and oxygen atoms in total. The molecule has 1 aromatic heterocycles. The predicted octanol–water partition coefficient (Wildman–Crippen LogP) is 3.05. The Labute approximate surface area is 134 Å². The number of nitrogens with zero attached hydrogens (tertiary/aromatic N) is 3. The van der Waals surface area contributed by atoms with E-state index in [0.717, 1.165) is 11.9 Å². The number of aliphatic hydroxyl groups excluding tert-OH is 1. The summed E-state index contributed by atoms with van der Waals surface area (Å²) in [5.41, 5.74) is 0.683. The standard InChI is InChI=1S/C17H21F2N3O/c1-11(2)22-6-5-20-17(22)10-21-9-13(23)8-16(21)12-3-4-14(18)15(19)7-12/h3-7,11,13,16,23H,8-10H2,1-2H3/t13-,16+/m0/s1. The highest BCUT2D eigenvalue weighted by Gasteiger charge is 2.33. The zero-order chi connectivity index (χ0) is 16.6. The molecule has 0 bridgehead atoms. The SMILES string of the molecule is CC(C)n1ccnc1CN1C[C@@H](O)C[C@@H]1c1ccc(F)c(F)c1. The molecule has 0 spiro atoms. The Morgan fingerprint density at radius 1 is 1.30 bits per heavy atom. The van der Waals surface area contributed by atoms with Crippen molar-refractivity contribution in [3.8, 4) is 0 Å². The van der Waals surface area contributed by atoms with Crippen LogP contribution in [0.1, 0.15) is 43.7 Å². The van der Waals surface area contributed by atoms with Gasteiger partial charge < -0.3 is 9.67 Å². The third-order valence-corrected chi connectivity index (χ3v) is 4.36. The van der Waals surface area contributed by atoms with Crippen LogP contribution in [0.3, 0.4) is 0 Å². The number of hydrogen-bond donors (Lipinski definition) is 1. The van der Waals surface area contributed by atoms with E-state index in [1.54, 1.807) is 12.3 Å². The van der Waals surface area contributed by atoms with Gasteiger partial charge in [0.25, 0.3) is 0 Å². The Morgan fingerprint density at radius 2 is 2.09 bits per heavy atom. The van der Waals surface area contributed by atoms with Crippen LogP contribution in [0.5, 0.6) is 0 Å². The minimum Gasteiger partial charge on any atom is -0.392 e. The summed E-state index contributed by atoms with van der Waals surface area (Å²) in [5.74, 6) is -0.802. The molecule has 2 aromatic rings. The molecule has 0 radical (unpaired) electrons. The summed E-state index contributed by atoms with van der Waals surface area (Å²) >= 11 is 0. The topological polar surface area (TPSA) is 41.3 Å². The lowest BCUT2D eigenvalue weighted by Gasteiger charge is -2.25. The predicted molar refractivity (Wildman–Crippen MR) is 82.7 cm³/mol. The first-order valence-corrected chi connectivity index (χ1v) is 7.84. The van der Waals surface area contributed by atoms with E-state index in [0.29, 0.717) is 31.1 Å². The molecule has 0 amide bonds.